The predicted octanol–water partition coefficient (Wildman–Crippen LogP) is 2.02. The van der Waals surface area contributed by atoms with Crippen LogP contribution in [0.25, 0.3) is 0 Å². The summed E-state index contributed by atoms with van der Waals surface area (Å²) in [5.41, 5.74) is 6.86. The van der Waals surface area contributed by atoms with Gasteiger partial charge in [0.15, 0.2) is 0 Å². The lowest BCUT2D eigenvalue weighted by atomic mass is 10.0. The maximum Gasteiger partial charge on any atom is 0.223 e. The normalized spacial score (nSPS) is 18.9. The Morgan fingerprint density at radius 2 is 2.14 bits per heavy atom. The number of carbonyl (C=O) groups excluding carboxylic acids is 1. The van der Waals surface area contributed by atoms with E-state index in [1.807, 2.05) is 7.05 Å². The van der Waals surface area contributed by atoms with Crippen LogP contribution in [0, 0.1) is 0 Å². The Kier molecular flexibility index (Phi) is 6.21. The third-order valence-corrected chi connectivity index (χ3v) is 4.28. The van der Waals surface area contributed by atoms with Gasteiger partial charge in [-0.15, -0.1) is 0 Å². The van der Waals surface area contributed by atoms with Gasteiger partial charge in [0, 0.05) is 32.6 Å². The fourth-order valence-electron chi connectivity index (χ4n) is 3.03. The molecule has 4 heteroatoms. The second-order valence-corrected chi connectivity index (χ2v) is 5.81. The molecule has 1 aliphatic rings. The number of nitrogens with zero attached hydrogens (tertiary/aromatic N) is 2. The maximum absolute atomic E-state index is 12.1. The molecule has 1 fully saturated rings. The Labute approximate surface area is 127 Å². The molecule has 0 spiro atoms. The van der Waals surface area contributed by atoms with E-state index < -0.39 is 0 Å². The molecular weight excluding hydrogens is 262 g/mol. The van der Waals surface area contributed by atoms with Gasteiger partial charge in [-0.05, 0) is 37.9 Å². The first kappa shape index (κ1) is 16.0. The molecular formula is C17H27N3O. The average Bonchev–Trinajstić information content (AvgIpc) is 2.99. The van der Waals surface area contributed by atoms with Crippen LogP contribution in [0.2, 0.25) is 0 Å². The lowest BCUT2D eigenvalue weighted by molar-refractivity contribution is -0.130. The highest BCUT2D eigenvalue weighted by molar-refractivity contribution is 5.76. The maximum atomic E-state index is 12.1. The van der Waals surface area contributed by atoms with Gasteiger partial charge in [0.05, 0.1) is 0 Å². The van der Waals surface area contributed by atoms with Crippen molar-refractivity contribution < 1.29 is 4.79 Å². The van der Waals surface area contributed by atoms with Crippen molar-refractivity contribution in [2.45, 2.75) is 31.7 Å². The van der Waals surface area contributed by atoms with Gasteiger partial charge in [-0.25, -0.2) is 0 Å². The molecule has 1 unspecified atom stereocenters. The van der Waals surface area contributed by atoms with Crippen LogP contribution in [0.5, 0.6) is 0 Å². The zero-order valence-corrected chi connectivity index (χ0v) is 13.0. The first-order valence-electron chi connectivity index (χ1n) is 7.95. The summed E-state index contributed by atoms with van der Waals surface area (Å²) in [6.07, 6.45) is 3.89. The van der Waals surface area contributed by atoms with Gasteiger partial charge in [-0.1, -0.05) is 30.3 Å². The van der Waals surface area contributed by atoms with Crippen LogP contribution >= 0.6 is 0 Å². The first-order valence-corrected chi connectivity index (χ1v) is 7.95. The van der Waals surface area contributed by atoms with Crippen LogP contribution in [-0.4, -0.2) is 48.9 Å². The van der Waals surface area contributed by atoms with Crippen LogP contribution < -0.4 is 5.73 Å². The number of nitrogens with two attached hydrogens (primary N) is 1. The fraction of sp³-hybridized carbons (Fsp3) is 0.588. The van der Waals surface area contributed by atoms with Gasteiger partial charge in [0.1, 0.15) is 0 Å². The molecule has 0 radical (unpaired) electrons. The summed E-state index contributed by atoms with van der Waals surface area (Å²) in [5.74, 6) is 0.224. The smallest absolute Gasteiger partial charge is 0.223 e. The summed E-state index contributed by atoms with van der Waals surface area (Å²) >= 11 is 0. The molecule has 1 amide bonds. The Morgan fingerprint density at radius 1 is 1.38 bits per heavy atom. The van der Waals surface area contributed by atoms with Crippen LogP contribution in [0.3, 0.4) is 0 Å². The van der Waals surface area contributed by atoms with Crippen molar-refractivity contribution in [2.24, 2.45) is 5.73 Å². The van der Waals surface area contributed by atoms with Crippen molar-refractivity contribution in [3.63, 3.8) is 0 Å². The second-order valence-electron chi connectivity index (χ2n) is 5.81. The summed E-state index contributed by atoms with van der Waals surface area (Å²) in [5, 5.41) is 0. The quantitative estimate of drug-likeness (QED) is 0.835. The van der Waals surface area contributed by atoms with E-state index in [-0.39, 0.29) is 5.91 Å². The largest absolute Gasteiger partial charge is 0.346 e. The Bertz CT molecular complexity index is 435. The molecule has 0 saturated carbocycles. The van der Waals surface area contributed by atoms with E-state index in [4.69, 9.17) is 5.73 Å². The fourth-order valence-corrected chi connectivity index (χ4v) is 3.03. The summed E-state index contributed by atoms with van der Waals surface area (Å²) in [7, 11) is 1.87. The molecule has 1 aromatic carbocycles. The highest BCUT2D eigenvalue weighted by Gasteiger charge is 2.26. The van der Waals surface area contributed by atoms with E-state index in [1.165, 1.54) is 18.4 Å². The lowest BCUT2D eigenvalue weighted by Gasteiger charge is -2.25. The number of benzene rings is 1. The van der Waals surface area contributed by atoms with Crippen molar-refractivity contribution >= 4 is 5.91 Å². The van der Waals surface area contributed by atoms with E-state index >= 15 is 0 Å². The number of hydrogen-bond acceptors (Lipinski definition) is 3. The van der Waals surface area contributed by atoms with Crippen LogP contribution in [0.1, 0.15) is 37.3 Å². The molecule has 1 atom stereocenters. The number of hydrogen-bond donors (Lipinski definition) is 1. The topological polar surface area (TPSA) is 49.6 Å². The molecule has 0 bridgehead atoms. The van der Waals surface area contributed by atoms with Crippen LogP contribution in [0.15, 0.2) is 30.3 Å². The van der Waals surface area contributed by atoms with E-state index in [0.717, 1.165) is 26.1 Å². The Hall–Kier alpha value is -1.39. The summed E-state index contributed by atoms with van der Waals surface area (Å²) in [4.78, 5) is 16.4. The minimum atomic E-state index is 0.224. The van der Waals surface area contributed by atoms with E-state index in [1.54, 1.807) is 4.90 Å². The summed E-state index contributed by atoms with van der Waals surface area (Å²) in [6, 6.07) is 11.1. The van der Waals surface area contributed by atoms with Crippen molar-refractivity contribution in [3.05, 3.63) is 35.9 Å². The standard InChI is InChI=1S/C17H27N3O/c1-19(12-6-11-18)17(21)10-14-20-13-5-9-16(20)15-7-3-2-4-8-15/h2-4,7-8,16H,5-6,9-14,18H2,1H3. The molecule has 2 N–H and O–H groups in total. The third-order valence-electron chi connectivity index (χ3n) is 4.28. The van der Waals surface area contributed by atoms with Crippen molar-refractivity contribution in [1.29, 1.82) is 0 Å². The lowest BCUT2D eigenvalue weighted by Crippen LogP contribution is -2.33. The zero-order valence-electron chi connectivity index (χ0n) is 13.0. The van der Waals surface area contributed by atoms with Crippen molar-refractivity contribution in [1.82, 2.24) is 9.80 Å². The summed E-state index contributed by atoms with van der Waals surface area (Å²) < 4.78 is 0. The SMILES string of the molecule is CN(CCCN)C(=O)CCN1CCCC1c1ccccc1. The first-order chi connectivity index (χ1) is 10.2. The van der Waals surface area contributed by atoms with Crippen LogP contribution in [0.4, 0.5) is 0 Å². The number of amides is 1. The zero-order chi connectivity index (χ0) is 15.1. The molecule has 2 rings (SSSR count). The van der Waals surface area contributed by atoms with Gasteiger partial charge < -0.3 is 10.6 Å². The predicted molar refractivity (Wildman–Crippen MR) is 85.9 cm³/mol. The van der Waals surface area contributed by atoms with Gasteiger partial charge in [-0.2, -0.15) is 0 Å². The number of carbonyl (C=O) groups is 1. The monoisotopic (exact) mass is 289 g/mol. The number of likely N-dealkylation sites (tertiary alicyclic amines) is 1. The third kappa shape index (κ3) is 4.55. The number of rotatable bonds is 7. The highest BCUT2D eigenvalue weighted by Crippen LogP contribution is 2.31. The van der Waals surface area contributed by atoms with Gasteiger partial charge in [0.2, 0.25) is 5.91 Å². The second kappa shape index (κ2) is 8.15. The molecule has 1 aliphatic heterocycles. The van der Waals surface area contributed by atoms with Gasteiger partial charge >= 0.3 is 0 Å². The highest BCUT2D eigenvalue weighted by atomic mass is 16.2. The Balaban J connectivity index is 1.83. The molecule has 1 heterocycles. The van der Waals surface area contributed by atoms with E-state index in [0.29, 0.717) is 19.0 Å². The molecule has 116 valence electrons. The van der Waals surface area contributed by atoms with Crippen LogP contribution in [-0.2, 0) is 4.79 Å². The molecule has 21 heavy (non-hydrogen) atoms. The molecule has 0 aromatic heterocycles. The Morgan fingerprint density at radius 3 is 2.86 bits per heavy atom. The van der Waals surface area contributed by atoms with E-state index in [9.17, 15) is 4.79 Å². The molecule has 4 nitrogen and oxygen atoms in total. The van der Waals surface area contributed by atoms with E-state index in [2.05, 4.69) is 35.2 Å². The van der Waals surface area contributed by atoms with Crippen molar-refractivity contribution in [3.8, 4) is 0 Å². The van der Waals surface area contributed by atoms with Gasteiger partial charge in [-0.3, -0.25) is 9.69 Å². The minimum Gasteiger partial charge on any atom is -0.346 e. The van der Waals surface area contributed by atoms with Crippen molar-refractivity contribution in [2.75, 3.05) is 33.2 Å². The molecule has 1 aromatic rings. The minimum absolute atomic E-state index is 0.224. The van der Waals surface area contributed by atoms with Gasteiger partial charge in [0.25, 0.3) is 0 Å². The average molecular weight is 289 g/mol. The molecule has 1 saturated heterocycles. The summed E-state index contributed by atoms with van der Waals surface area (Å²) in [6.45, 7) is 3.35. The molecule has 0 aliphatic carbocycles.